The van der Waals surface area contributed by atoms with E-state index in [1.54, 1.807) is 0 Å². The van der Waals surface area contributed by atoms with Gasteiger partial charge in [0.1, 0.15) is 6.04 Å². The molecule has 2 amide bonds. The maximum Gasteiger partial charge on any atom is 0.303 e. The number of aliphatic hydroxyl groups excluding tert-OH is 1. The van der Waals surface area contributed by atoms with E-state index in [-0.39, 0.29) is 42.3 Å². The van der Waals surface area contributed by atoms with Crippen molar-refractivity contribution in [3.8, 4) is 0 Å². The summed E-state index contributed by atoms with van der Waals surface area (Å²) in [6, 6.07) is -0.961. The third-order valence-electron chi connectivity index (χ3n) is 7.71. The molecule has 2 bridgehead atoms. The minimum absolute atomic E-state index is 0.00187. The number of unbranched alkanes of at least 4 members (excludes halogenated alkanes) is 1. The van der Waals surface area contributed by atoms with Crippen molar-refractivity contribution in [3.63, 3.8) is 0 Å². The van der Waals surface area contributed by atoms with Gasteiger partial charge in [0.25, 0.3) is 0 Å². The molecule has 0 aromatic rings. The number of carboxylic acid groups (broad SMARTS) is 1. The van der Waals surface area contributed by atoms with E-state index in [4.69, 9.17) is 9.84 Å². The highest BCUT2D eigenvalue weighted by Crippen LogP contribution is 2.45. The van der Waals surface area contributed by atoms with Crippen LogP contribution in [-0.2, 0) is 19.1 Å². The van der Waals surface area contributed by atoms with Crippen molar-refractivity contribution in [2.24, 2.45) is 17.8 Å². The van der Waals surface area contributed by atoms with Crippen LogP contribution in [0.4, 0.5) is 0 Å². The van der Waals surface area contributed by atoms with Crippen LogP contribution in [0.2, 0.25) is 0 Å². The molecule has 1 unspecified atom stereocenters. The highest BCUT2D eigenvalue weighted by Gasteiger charge is 2.51. The molecule has 192 valence electrons. The first-order chi connectivity index (χ1) is 16.5. The molecule has 3 fully saturated rings. The topological polar surface area (TPSA) is 125 Å². The molecule has 0 spiro atoms. The number of aliphatic carboxylic acids is 1. The van der Waals surface area contributed by atoms with Crippen molar-refractivity contribution in [2.75, 3.05) is 13.2 Å². The Labute approximate surface area is 202 Å². The third kappa shape index (κ3) is 7.80. The van der Waals surface area contributed by atoms with Crippen molar-refractivity contribution < 1.29 is 29.3 Å². The van der Waals surface area contributed by atoms with Crippen LogP contribution in [0.15, 0.2) is 12.2 Å². The minimum Gasteiger partial charge on any atom is -0.481 e. The highest BCUT2D eigenvalue weighted by molar-refractivity contribution is 5.89. The maximum atomic E-state index is 13.1. The van der Waals surface area contributed by atoms with Crippen LogP contribution >= 0.6 is 0 Å². The number of ether oxygens (including phenoxy) is 1. The molecule has 0 radical (unpaired) electrons. The number of carbonyl (C=O) groups is 3. The second-order valence-corrected chi connectivity index (χ2v) is 10.2. The Hall–Kier alpha value is -1.93. The summed E-state index contributed by atoms with van der Waals surface area (Å²) in [6.45, 7) is 0.111. The second kappa shape index (κ2) is 13.8. The standard InChI is InChI=1S/C26H42N2O6/c29-17-20(25(32)27-16-8-7-11-18-9-3-1-4-10-18)28-26(33)24-19(21-14-15-22(24)34-21)12-5-2-6-13-23(30)31/h2,5,18-22,24,29H,1,3-4,6-17H2,(H,27,32)(H,28,33)(H,30,31)/b5-2-/t19-,20?,21-,22+,24-/m1/s1. The van der Waals surface area contributed by atoms with E-state index in [1.807, 2.05) is 12.2 Å². The Morgan fingerprint density at radius 3 is 2.50 bits per heavy atom. The fourth-order valence-electron chi connectivity index (χ4n) is 5.85. The van der Waals surface area contributed by atoms with E-state index < -0.39 is 18.6 Å². The highest BCUT2D eigenvalue weighted by atomic mass is 16.5. The predicted octanol–water partition coefficient (Wildman–Crippen LogP) is 2.94. The number of carboxylic acids is 1. The molecule has 3 rings (SSSR count). The molecule has 1 aliphatic carbocycles. The first-order valence-corrected chi connectivity index (χ1v) is 13.2. The van der Waals surface area contributed by atoms with E-state index in [1.165, 1.54) is 38.5 Å². The van der Waals surface area contributed by atoms with Gasteiger partial charge in [-0.25, -0.2) is 0 Å². The first kappa shape index (κ1) is 26.7. The van der Waals surface area contributed by atoms with Gasteiger partial charge in [-0.3, -0.25) is 14.4 Å². The monoisotopic (exact) mass is 478 g/mol. The van der Waals surface area contributed by atoms with Gasteiger partial charge in [-0.05, 0) is 38.0 Å². The predicted molar refractivity (Wildman–Crippen MR) is 128 cm³/mol. The number of amides is 2. The molecule has 2 saturated heterocycles. The Balaban J connectivity index is 1.41. The molecule has 8 heteroatoms. The average molecular weight is 479 g/mol. The Kier molecular flexibility index (Phi) is 10.8. The summed E-state index contributed by atoms with van der Waals surface area (Å²) in [4.78, 5) is 36.3. The van der Waals surface area contributed by atoms with Gasteiger partial charge in [0, 0.05) is 18.9 Å². The number of allylic oxidation sites excluding steroid dienone is 2. The largest absolute Gasteiger partial charge is 0.481 e. The van der Waals surface area contributed by atoms with E-state index in [0.29, 0.717) is 19.4 Å². The minimum atomic E-state index is -0.961. The average Bonchev–Trinajstić information content (AvgIpc) is 3.44. The van der Waals surface area contributed by atoms with Gasteiger partial charge in [0.15, 0.2) is 0 Å². The van der Waals surface area contributed by atoms with Gasteiger partial charge < -0.3 is 25.6 Å². The number of rotatable bonds is 14. The van der Waals surface area contributed by atoms with Crippen molar-refractivity contribution in [3.05, 3.63) is 12.2 Å². The summed E-state index contributed by atoms with van der Waals surface area (Å²) < 4.78 is 5.98. The van der Waals surface area contributed by atoms with Crippen LogP contribution in [0.25, 0.3) is 0 Å². The lowest BCUT2D eigenvalue weighted by atomic mass is 9.77. The molecule has 34 heavy (non-hydrogen) atoms. The first-order valence-electron chi connectivity index (χ1n) is 13.2. The van der Waals surface area contributed by atoms with E-state index in [0.717, 1.165) is 31.6 Å². The Morgan fingerprint density at radius 2 is 1.76 bits per heavy atom. The van der Waals surface area contributed by atoms with Gasteiger partial charge >= 0.3 is 5.97 Å². The smallest absolute Gasteiger partial charge is 0.303 e. The van der Waals surface area contributed by atoms with Crippen LogP contribution in [0.5, 0.6) is 0 Å². The number of carbonyl (C=O) groups excluding carboxylic acids is 2. The van der Waals surface area contributed by atoms with E-state index in [2.05, 4.69) is 10.6 Å². The van der Waals surface area contributed by atoms with Gasteiger partial charge in [0.2, 0.25) is 11.8 Å². The van der Waals surface area contributed by atoms with Gasteiger partial charge in [-0.1, -0.05) is 57.1 Å². The SMILES string of the molecule is O=C(O)CC/C=C\C[C@H]1[C@@H](C(=O)NC(CO)C(=O)NCCCCC2CCCCC2)[C@@H]2CC[C@H]1O2. The lowest BCUT2D eigenvalue weighted by Crippen LogP contribution is -2.52. The van der Waals surface area contributed by atoms with E-state index >= 15 is 0 Å². The van der Waals surface area contributed by atoms with Crippen LogP contribution in [0.1, 0.15) is 83.5 Å². The fourth-order valence-corrected chi connectivity index (χ4v) is 5.85. The van der Waals surface area contributed by atoms with Gasteiger partial charge in [0.05, 0.1) is 24.7 Å². The van der Waals surface area contributed by atoms with Crippen molar-refractivity contribution >= 4 is 17.8 Å². The molecule has 0 aromatic carbocycles. The number of hydrogen-bond acceptors (Lipinski definition) is 5. The van der Waals surface area contributed by atoms with Crippen molar-refractivity contribution in [1.82, 2.24) is 10.6 Å². The summed E-state index contributed by atoms with van der Waals surface area (Å²) >= 11 is 0. The normalized spacial score (nSPS) is 27.7. The van der Waals surface area contributed by atoms with Crippen molar-refractivity contribution in [1.29, 1.82) is 0 Å². The summed E-state index contributed by atoms with van der Waals surface area (Å²) in [6.07, 6.45) is 16.4. The van der Waals surface area contributed by atoms with Crippen LogP contribution in [-0.4, -0.2) is 59.4 Å². The Morgan fingerprint density at radius 1 is 1.00 bits per heavy atom. The molecular weight excluding hydrogens is 436 g/mol. The summed E-state index contributed by atoms with van der Waals surface area (Å²) in [5.74, 6) is -0.951. The molecule has 5 atom stereocenters. The number of fused-ring (bicyclic) bond motifs is 2. The molecule has 2 aliphatic heterocycles. The quantitative estimate of drug-likeness (QED) is 0.225. The molecule has 1 saturated carbocycles. The second-order valence-electron chi connectivity index (χ2n) is 10.2. The lowest BCUT2D eigenvalue weighted by Gasteiger charge is -2.28. The number of nitrogens with one attached hydrogen (secondary N) is 2. The maximum absolute atomic E-state index is 13.1. The van der Waals surface area contributed by atoms with Crippen LogP contribution in [0, 0.1) is 17.8 Å². The van der Waals surface area contributed by atoms with Crippen molar-refractivity contribution in [2.45, 2.75) is 102 Å². The fraction of sp³-hybridized carbons (Fsp3) is 0.808. The molecule has 8 nitrogen and oxygen atoms in total. The zero-order chi connectivity index (χ0) is 24.3. The van der Waals surface area contributed by atoms with Gasteiger partial charge in [-0.2, -0.15) is 0 Å². The zero-order valence-corrected chi connectivity index (χ0v) is 20.3. The number of hydrogen-bond donors (Lipinski definition) is 4. The lowest BCUT2D eigenvalue weighted by molar-refractivity contribution is -0.137. The summed E-state index contributed by atoms with van der Waals surface area (Å²) in [5, 5.41) is 24.1. The molecule has 2 heterocycles. The summed E-state index contributed by atoms with van der Waals surface area (Å²) in [7, 11) is 0. The molecule has 0 aromatic heterocycles. The third-order valence-corrected chi connectivity index (χ3v) is 7.71. The van der Waals surface area contributed by atoms with Crippen LogP contribution < -0.4 is 10.6 Å². The molecule has 4 N–H and O–H groups in total. The number of aliphatic hydroxyl groups is 1. The zero-order valence-electron chi connectivity index (χ0n) is 20.3. The molecular formula is C26H42N2O6. The van der Waals surface area contributed by atoms with E-state index in [9.17, 15) is 19.5 Å². The molecule has 3 aliphatic rings. The van der Waals surface area contributed by atoms with Crippen LogP contribution in [0.3, 0.4) is 0 Å². The summed E-state index contributed by atoms with van der Waals surface area (Å²) in [5.41, 5.74) is 0. The van der Waals surface area contributed by atoms with Gasteiger partial charge in [-0.15, -0.1) is 0 Å². The Bertz CT molecular complexity index is 705.